The highest BCUT2D eigenvalue weighted by Crippen LogP contribution is 2.08. The number of imidazole rings is 1. The molecule has 0 fully saturated rings. The average molecular weight is 437 g/mol. The molecular formula is C18H24IN5. The Morgan fingerprint density at radius 2 is 1.83 bits per heavy atom. The van der Waals surface area contributed by atoms with Crippen LogP contribution in [0.3, 0.4) is 0 Å². The van der Waals surface area contributed by atoms with E-state index in [1.807, 2.05) is 30.5 Å². The van der Waals surface area contributed by atoms with Crippen LogP contribution in [0, 0.1) is 0 Å². The minimum atomic E-state index is 0. The lowest BCUT2D eigenvalue weighted by atomic mass is 10.1. The molecule has 6 heteroatoms. The molecule has 0 aromatic carbocycles. The lowest BCUT2D eigenvalue weighted by Crippen LogP contribution is -3.00. The third-order valence-electron chi connectivity index (χ3n) is 3.93. The second-order valence-corrected chi connectivity index (χ2v) is 5.78. The molecule has 3 aromatic rings. The van der Waals surface area contributed by atoms with Crippen molar-refractivity contribution in [1.82, 2.24) is 19.3 Å². The van der Waals surface area contributed by atoms with Crippen molar-refractivity contribution >= 4 is 0 Å². The van der Waals surface area contributed by atoms with E-state index < -0.39 is 0 Å². The fourth-order valence-corrected chi connectivity index (χ4v) is 2.65. The highest BCUT2D eigenvalue weighted by atomic mass is 127. The van der Waals surface area contributed by atoms with E-state index in [0.717, 1.165) is 18.2 Å². The SMILES string of the molecule is CCCCCCC[n+]1ccn(-c2cccc(-n3cccn3)n2)c1.[I-]. The molecule has 0 amide bonds. The van der Waals surface area contributed by atoms with Gasteiger partial charge in [0, 0.05) is 18.5 Å². The summed E-state index contributed by atoms with van der Waals surface area (Å²) in [6.07, 6.45) is 16.4. The van der Waals surface area contributed by atoms with Crippen molar-refractivity contribution in [2.75, 3.05) is 0 Å². The molecule has 0 aliphatic rings. The van der Waals surface area contributed by atoms with Gasteiger partial charge in [0.1, 0.15) is 12.4 Å². The van der Waals surface area contributed by atoms with E-state index in [9.17, 15) is 0 Å². The van der Waals surface area contributed by atoms with Crippen molar-refractivity contribution < 1.29 is 28.5 Å². The van der Waals surface area contributed by atoms with Gasteiger partial charge in [-0.1, -0.05) is 32.3 Å². The topological polar surface area (TPSA) is 39.5 Å². The highest BCUT2D eigenvalue weighted by molar-refractivity contribution is 5.30. The van der Waals surface area contributed by atoms with Crippen molar-refractivity contribution in [2.24, 2.45) is 0 Å². The van der Waals surface area contributed by atoms with Gasteiger partial charge >= 0.3 is 0 Å². The van der Waals surface area contributed by atoms with Crippen LogP contribution in [0.15, 0.2) is 55.4 Å². The lowest BCUT2D eigenvalue weighted by Gasteiger charge is -2.01. The van der Waals surface area contributed by atoms with E-state index in [1.54, 1.807) is 10.9 Å². The van der Waals surface area contributed by atoms with Gasteiger partial charge in [-0.05, 0) is 25.0 Å². The Morgan fingerprint density at radius 3 is 2.62 bits per heavy atom. The number of nitrogens with zero attached hydrogens (tertiary/aromatic N) is 5. The first-order valence-corrected chi connectivity index (χ1v) is 8.41. The third kappa shape index (κ3) is 4.90. The number of pyridine rings is 1. The van der Waals surface area contributed by atoms with Gasteiger partial charge in [0.15, 0.2) is 5.82 Å². The molecule has 0 bridgehead atoms. The molecule has 24 heavy (non-hydrogen) atoms. The number of rotatable bonds is 8. The average Bonchev–Trinajstić information content (AvgIpc) is 3.27. The van der Waals surface area contributed by atoms with Gasteiger partial charge in [-0.25, -0.2) is 9.25 Å². The number of halogens is 1. The largest absolute Gasteiger partial charge is 1.00 e. The van der Waals surface area contributed by atoms with Crippen LogP contribution < -0.4 is 28.5 Å². The molecule has 128 valence electrons. The Morgan fingerprint density at radius 1 is 1.00 bits per heavy atom. The molecule has 5 nitrogen and oxygen atoms in total. The second kappa shape index (κ2) is 9.56. The molecule has 0 aliphatic carbocycles. The molecule has 0 radical (unpaired) electrons. The van der Waals surface area contributed by atoms with Crippen LogP contribution in [0.25, 0.3) is 11.6 Å². The summed E-state index contributed by atoms with van der Waals surface area (Å²) in [7, 11) is 0. The van der Waals surface area contributed by atoms with Crippen LogP contribution in [0.1, 0.15) is 39.0 Å². The second-order valence-electron chi connectivity index (χ2n) is 5.78. The monoisotopic (exact) mass is 437 g/mol. The molecule has 0 N–H and O–H groups in total. The Bertz CT molecular complexity index is 721. The van der Waals surface area contributed by atoms with E-state index in [-0.39, 0.29) is 24.0 Å². The molecule has 0 saturated carbocycles. The Labute approximate surface area is 160 Å². The minimum Gasteiger partial charge on any atom is -1.00 e. The van der Waals surface area contributed by atoms with Gasteiger partial charge < -0.3 is 24.0 Å². The van der Waals surface area contributed by atoms with Gasteiger partial charge in [-0.15, -0.1) is 0 Å². The fraction of sp³-hybridized carbons (Fsp3) is 0.389. The zero-order valence-electron chi connectivity index (χ0n) is 14.1. The summed E-state index contributed by atoms with van der Waals surface area (Å²) in [5.41, 5.74) is 0. The van der Waals surface area contributed by atoms with Gasteiger partial charge in [-0.2, -0.15) is 14.6 Å². The minimum absolute atomic E-state index is 0. The van der Waals surface area contributed by atoms with Crippen LogP contribution in [0.2, 0.25) is 0 Å². The smallest absolute Gasteiger partial charge is 0.250 e. The summed E-state index contributed by atoms with van der Waals surface area (Å²) in [6, 6.07) is 7.88. The third-order valence-corrected chi connectivity index (χ3v) is 3.93. The van der Waals surface area contributed by atoms with Crippen LogP contribution in [-0.2, 0) is 6.54 Å². The Balaban J connectivity index is 0.00000208. The van der Waals surface area contributed by atoms with Crippen LogP contribution in [0.4, 0.5) is 0 Å². The van der Waals surface area contributed by atoms with Gasteiger partial charge in [-0.3, -0.25) is 0 Å². The van der Waals surface area contributed by atoms with Gasteiger partial charge in [0.2, 0.25) is 12.1 Å². The van der Waals surface area contributed by atoms with E-state index in [2.05, 4.69) is 44.9 Å². The summed E-state index contributed by atoms with van der Waals surface area (Å²) in [6.45, 7) is 3.31. The van der Waals surface area contributed by atoms with Crippen molar-refractivity contribution in [3.63, 3.8) is 0 Å². The van der Waals surface area contributed by atoms with Crippen molar-refractivity contribution in [3.05, 3.63) is 55.4 Å². The van der Waals surface area contributed by atoms with E-state index >= 15 is 0 Å². The first kappa shape index (κ1) is 18.6. The summed E-state index contributed by atoms with van der Waals surface area (Å²) in [4.78, 5) is 4.67. The normalized spacial score (nSPS) is 10.5. The Kier molecular flexibility index (Phi) is 7.42. The zero-order chi connectivity index (χ0) is 15.9. The maximum Gasteiger partial charge on any atom is 0.250 e. The molecule has 3 rings (SSSR count). The van der Waals surface area contributed by atoms with Crippen LogP contribution in [0.5, 0.6) is 0 Å². The summed E-state index contributed by atoms with van der Waals surface area (Å²) < 4.78 is 6.06. The quantitative estimate of drug-likeness (QED) is 0.290. The fourth-order valence-electron chi connectivity index (χ4n) is 2.65. The first-order chi connectivity index (χ1) is 11.4. The number of hydrogen-bond acceptors (Lipinski definition) is 2. The van der Waals surface area contributed by atoms with Crippen molar-refractivity contribution in [1.29, 1.82) is 0 Å². The van der Waals surface area contributed by atoms with Gasteiger partial charge in [0.05, 0.1) is 6.54 Å². The molecule has 3 aromatic heterocycles. The molecule has 0 spiro atoms. The van der Waals surface area contributed by atoms with Gasteiger partial charge in [0.25, 0.3) is 0 Å². The Hall–Kier alpha value is -1.70. The number of aromatic nitrogens is 5. The van der Waals surface area contributed by atoms with Crippen LogP contribution in [-0.4, -0.2) is 19.3 Å². The number of unbranched alkanes of at least 4 members (excludes halogenated alkanes) is 4. The number of aryl methyl sites for hydroxylation is 1. The molecule has 0 saturated heterocycles. The standard InChI is InChI=1S/C18H24N5.HI/c1-2-3-4-5-6-12-21-14-15-22(16-21)17-9-7-10-18(20-17)23-13-8-11-19-23;/h7-11,13-16H,2-6,12H2,1H3;1H/q+1;/p-1. The summed E-state index contributed by atoms with van der Waals surface area (Å²) >= 11 is 0. The molecule has 0 aliphatic heterocycles. The van der Waals surface area contributed by atoms with Crippen LogP contribution >= 0.6 is 0 Å². The lowest BCUT2D eigenvalue weighted by molar-refractivity contribution is -0.696. The van der Waals surface area contributed by atoms with Crippen molar-refractivity contribution in [3.8, 4) is 11.6 Å². The number of hydrogen-bond donors (Lipinski definition) is 0. The summed E-state index contributed by atoms with van der Waals surface area (Å²) in [5.74, 6) is 1.73. The van der Waals surface area contributed by atoms with Crippen molar-refractivity contribution in [2.45, 2.75) is 45.6 Å². The van der Waals surface area contributed by atoms with E-state index in [0.29, 0.717) is 0 Å². The molecule has 0 atom stereocenters. The van der Waals surface area contributed by atoms with E-state index in [4.69, 9.17) is 0 Å². The molecule has 3 heterocycles. The molecule has 0 unspecified atom stereocenters. The maximum atomic E-state index is 4.67. The molecular weight excluding hydrogens is 413 g/mol. The predicted molar refractivity (Wildman–Crippen MR) is 89.6 cm³/mol. The maximum absolute atomic E-state index is 4.67. The highest BCUT2D eigenvalue weighted by Gasteiger charge is 2.09. The van der Waals surface area contributed by atoms with E-state index in [1.165, 1.54) is 32.1 Å². The first-order valence-electron chi connectivity index (χ1n) is 8.41. The zero-order valence-corrected chi connectivity index (χ0v) is 16.2. The summed E-state index contributed by atoms with van der Waals surface area (Å²) in [5, 5.41) is 4.23. The predicted octanol–water partition coefficient (Wildman–Crippen LogP) is 0.320.